The molecule has 0 saturated heterocycles. The average molecular weight is 454 g/mol. The van der Waals surface area contributed by atoms with Crippen molar-refractivity contribution in [3.63, 3.8) is 0 Å². The maximum absolute atomic E-state index is 12.4. The highest BCUT2D eigenvalue weighted by Crippen LogP contribution is 2.27. The molecule has 4 rings (SSSR count). The molecule has 0 bridgehead atoms. The van der Waals surface area contributed by atoms with E-state index in [0.29, 0.717) is 16.1 Å². The molecule has 0 aliphatic carbocycles. The summed E-state index contributed by atoms with van der Waals surface area (Å²) in [5.41, 5.74) is 2.15. The third-order valence-electron chi connectivity index (χ3n) is 4.75. The fourth-order valence-electron chi connectivity index (χ4n) is 3.08. The van der Waals surface area contributed by atoms with Crippen molar-refractivity contribution in [2.75, 3.05) is 11.1 Å². The van der Waals surface area contributed by atoms with Gasteiger partial charge < -0.3 is 14.6 Å². The number of para-hydroxylation sites is 1. The lowest BCUT2D eigenvalue weighted by atomic mass is 10.2. The summed E-state index contributed by atoms with van der Waals surface area (Å²) < 4.78 is 8.91. The Morgan fingerprint density at radius 1 is 1.19 bits per heavy atom. The van der Waals surface area contributed by atoms with Gasteiger partial charge in [0.05, 0.1) is 16.0 Å². The Morgan fingerprint density at radius 3 is 2.71 bits per heavy atom. The minimum atomic E-state index is -0.268. The molecule has 0 aliphatic heterocycles. The minimum absolute atomic E-state index is 0.131. The fourth-order valence-corrected chi connectivity index (χ4v) is 4.68. The molecular weight excluding hydrogens is 430 g/mol. The Bertz CT molecular complexity index is 1150. The van der Waals surface area contributed by atoms with Gasteiger partial charge in [0.1, 0.15) is 5.75 Å². The van der Waals surface area contributed by atoms with Crippen molar-refractivity contribution >= 4 is 44.4 Å². The number of nitrogens with zero attached hydrogens (tertiary/aromatic N) is 4. The zero-order chi connectivity index (χ0) is 21.8. The van der Waals surface area contributed by atoms with Gasteiger partial charge in [0, 0.05) is 7.05 Å². The van der Waals surface area contributed by atoms with Crippen LogP contribution in [0.5, 0.6) is 5.75 Å². The Hall–Kier alpha value is -2.91. The van der Waals surface area contributed by atoms with Crippen LogP contribution < -0.4 is 10.1 Å². The van der Waals surface area contributed by atoms with E-state index in [1.165, 1.54) is 28.7 Å². The number of rotatable bonds is 8. The maximum Gasteiger partial charge on any atom is 0.236 e. The highest BCUT2D eigenvalue weighted by atomic mass is 32.2. The van der Waals surface area contributed by atoms with Gasteiger partial charge in [-0.25, -0.2) is 4.98 Å². The van der Waals surface area contributed by atoms with Crippen LogP contribution in [0.1, 0.15) is 31.3 Å². The number of hydrogen-bond donors (Lipinski definition) is 1. The molecule has 7 nitrogen and oxygen atoms in total. The number of hydrogen-bond acceptors (Lipinski definition) is 7. The van der Waals surface area contributed by atoms with E-state index < -0.39 is 0 Å². The molecule has 1 N–H and O–H groups in total. The third kappa shape index (κ3) is 5.05. The van der Waals surface area contributed by atoms with Gasteiger partial charge >= 0.3 is 0 Å². The number of nitrogens with one attached hydrogen (secondary N) is 1. The van der Waals surface area contributed by atoms with Crippen molar-refractivity contribution < 1.29 is 9.53 Å². The molecule has 2 aromatic carbocycles. The normalized spacial score (nSPS) is 12.1. The van der Waals surface area contributed by atoms with Gasteiger partial charge in [-0.3, -0.25) is 4.79 Å². The SMILES string of the molecule is CCc1ccc(OC(C)c2nnc(SCC(=O)Nc3nc4ccccc4s3)n2C)cc1. The van der Waals surface area contributed by atoms with E-state index in [0.717, 1.165) is 22.4 Å². The number of aromatic nitrogens is 4. The standard InChI is InChI=1S/C22H23N5O2S2/c1-4-15-9-11-16(12-10-15)29-14(2)20-25-26-22(27(20)3)30-13-19(28)24-21-23-17-7-5-6-8-18(17)31-21/h5-12,14H,4,13H2,1-3H3,(H,23,24,28). The van der Waals surface area contributed by atoms with Crippen molar-refractivity contribution in [2.45, 2.75) is 31.5 Å². The molecule has 1 unspecified atom stereocenters. The number of carbonyl (C=O) groups excluding carboxylic acids is 1. The first-order valence-electron chi connectivity index (χ1n) is 9.96. The van der Waals surface area contributed by atoms with Crippen molar-refractivity contribution in [2.24, 2.45) is 7.05 Å². The van der Waals surface area contributed by atoms with E-state index in [2.05, 4.69) is 39.6 Å². The number of ether oxygens (including phenoxy) is 1. The molecule has 0 saturated carbocycles. The molecule has 2 heterocycles. The molecule has 1 atom stereocenters. The molecule has 0 radical (unpaired) electrons. The monoisotopic (exact) mass is 453 g/mol. The molecule has 0 spiro atoms. The highest BCUT2D eigenvalue weighted by Gasteiger charge is 2.18. The summed E-state index contributed by atoms with van der Waals surface area (Å²) in [7, 11) is 1.88. The van der Waals surface area contributed by atoms with Crippen LogP contribution >= 0.6 is 23.1 Å². The zero-order valence-corrected chi connectivity index (χ0v) is 19.2. The quantitative estimate of drug-likeness (QED) is 0.384. The first-order valence-corrected chi connectivity index (χ1v) is 11.8. The van der Waals surface area contributed by atoms with Crippen LogP contribution in [0.15, 0.2) is 53.7 Å². The topological polar surface area (TPSA) is 81.9 Å². The summed E-state index contributed by atoms with van der Waals surface area (Å²) in [6.45, 7) is 4.06. The largest absolute Gasteiger partial charge is 0.483 e. The molecular formula is C22H23N5O2S2. The van der Waals surface area contributed by atoms with Crippen molar-refractivity contribution in [3.8, 4) is 5.75 Å². The number of thioether (sulfide) groups is 1. The first kappa shape index (κ1) is 21.3. The van der Waals surface area contributed by atoms with Gasteiger partial charge in [0.15, 0.2) is 22.2 Å². The van der Waals surface area contributed by atoms with Crippen molar-refractivity contribution in [3.05, 3.63) is 59.9 Å². The minimum Gasteiger partial charge on any atom is -0.483 e. The molecule has 160 valence electrons. The van der Waals surface area contributed by atoms with E-state index >= 15 is 0 Å². The molecule has 9 heteroatoms. The summed E-state index contributed by atoms with van der Waals surface area (Å²) in [5.74, 6) is 1.58. The van der Waals surface area contributed by atoms with Crippen LogP contribution in [0.25, 0.3) is 10.2 Å². The number of aryl methyl sites for hydroxylation is 1. The van der Waals surface area contributed by atoms with Crippen LogP contribution in [0.3, 0.4) is 0 Å². The Balaban J connectivity index is 1.34. The molecule has 2 aromatic heterocycles. The molecule has 0 aliphatic rings. The van der Waals surface area contributed by atoms with Crippen LogP contribution in [-0.4, -0.2) is 31.4 Å². The maximum atomic E-state index is 12.4. The number of thiazole rings is 1. The van der Waals surface area contributed by atoms with E-state index in [-0.39, 0.29) is 17.8 Å². The van der Waals surface area contributed by atoms with E-state index in [1.807, 2.05) is 54.9 Å². The summed E-state index contributed by atoms with van der Waals surface area (Å²) >= 11 is 2.79. The first-order chi connectivity index (χ1) is 15.0. The third-order valence-corrected chi connectivity index (χ3v) is 6.72. The summed E-state index contributed by atoms with van der Waals surface area (Å²) in [6, 6.07) is 15.9. The summed E-state index contributed by atoms with van der Waals surface area (Å²) in [4.78, 5) is 16.8. The van der Waals surface area contributed by atoms with E-state index in [4.69, 9.17) is 4.74 Å². The number of fused-ring (bicyclic) bond motifs is 1. The number of amides is 1. The average Bonchev–Trinajstić information content (AvgIpc) is 3.35. The smallest absolute Gasteiger partial charge is 0.236 e. The number of benzene rings is 2. The fraction of sp³-hybridized carbons (Fsp3) is 0.273. The number of anilines is 1. The second kappa shape index (κ2) is 9.49. The lowest BCUT2D eigenvalue weighted by Gasteiger charge is -2.14. The Labute approximate surface area is 188 Å². The van der Waals surface area contributed by atoms with Gasteiger partial charge in [-0.15, -0.1) is 10.2 Å². The van der Waals surface area contributed by atoms with Crippen LogP contribution in [-0.2, 0) is 18.3 Å². The van der Waals surface area contributed by atoms with Gasteiger partial charge in [-0.05, 0) is 43.2 Å². The Morgan fingerprint density at radius 2 is 1.97 bits per heavy atom. The van der Waals surface area contributed by atoms with Gasteiger partial charge in [0.2, 0.25) is 5.91 Å². The molecule has 1 amide bonds. The summed E-state index contributed by atoms with van der Waals surface area (Å²) in [6.07, 6.45) is 0.725. The summed E-state index contributed by atoms with van der Waals surface area (Å²) in [5, 5.41) is 12.6. The van der Waals surface area contributed by atoms with Crippen LogP contribution in [0, 0.1) is 0 Å². The number of carbonyl (C=O) groups is 1. The molecule has 4 aromatic rings. The van der Waals surface area contributed by atoms with Gasteiger partial charge in [-0.1, -0.05) is 54.3 Å². The van der Waals surface area contributed by atoms with Gasteiger partial charge in [-0.2, -0.15) is 0 Å². The van der Waals surface area contributed by atoms with E-state index in [1.54, 1.807) is 0 Å². The molecule has 31 heavy (non-hydrogen) atoms. The predicted molar refractivity (Wildman–Crippen MR) is 125 cm³/mol. The predicted octanol–water partition coefficient (Wildman–Crippen LogP) is 4.86. The van der Waals surface area contributed by atoms with Crippen LogP contribution in [0.4, 0.5) is 5.13 Å². The molecule has 0 fully saturated rings. The van der Waals surface area contributed by atoms with Gasteiger partial charge in [0.25, 0.3) is 0 Å². The second-order valence-corrected chi connectivity index (χ2v) is 8.95. The van der Waals surface area contributed by atoms with Crippen molar-refractivity contribution in [1.82, 2.24) is 19.7 Å². The van der Waals surface area contributed by atoms with Crippen molar-refractivity contribution in [1.29, 1.82) is 0 Å². The van der Waals surface area contributed by atoms with E-state index in [9.17, 15) is 4.79 Å². The Kier molecular flexibility index (Phi) is 6.53. The lowest BCUT2D eigenvalue weighted by Crippen LogP contribution is -2.14. The van der Waals surface area contributed by atoms with Crippen LogP contribution in [0.2, 0.25) is 0 Å². The second-order valence-electron chi connectivity index (χ2n) is 6.98. The lowest BCUT2D eigenvalue weighted by molar-refractivity contribution is -0.113. The highest BCUT2D eigenvalue weighted by molar-refractivity contribution is 7.99. The zero-order valence-electron chi connectivity index (χ0n) is 17.5.